The molecule has 1 aliphatic carbocycles. The summed E-state index contributed by atoms with van der Waals surface area (Å²) in [5, 5.41) is 12.5. The smallest absolute Gasteiger partial charge is 0.233 e. The van der Waals surface area contributed by atoms with Gasteiger partial charge in [0.1, 0.15) is 5.82 Å². The molecule has 0 radical (unpaired) electrons. The molecule has 5 nitrogen and oxygen atoms in total. The molecule has 1 aliphatic rings. The van der Waals surface area contributed by atoms with Gasteiger partial charge in [-0.05, 0) is 38.7 Å². The van der Waals surface area contributed by atoms with Gasteiger partial charge < -0.3 is 9.88 Å². The second-order valence-corrected chi connectivity index (χ2v) is 8.19. The number of rotatable bonds is 9. The lowest BCUT2D eigenvalue weighted by molar-refractivity contribution is -0.120. The zero-order valence-electron chi connectivity index (χ0n) is 15.8. The number of thioether (sulfide) groups is 1. The molecule has 1 aromatic heterocycles. The first-order valence-electron chi connectivity index (χ1n) is 9.56. The lowest BCUT2D eigenvalue weighted by Gasteiger charge is -2.18. The molecule has 1 saturated carbocycles. The van der Waals surface area contributed by atoms with Crippen molar-refractivity contribution in [1.29, 1.82) is 0 Å². The highest BCUT2D eigenvalue weighted by atomic mass is 32.2. The molecule has 6 heteroatoms. The SMILES string of the molecule is CC[C@@H](CNC(=O)[C@H](C)Sc1nnc(C2CC2)n1CC)c1ccccc1. The third-order valence-electron chi connectivity index (χ3n) is 4.94. The van der Waals surface area contributed by atoms with E-state index in [1.165, 1.54) is 30.2 Å². The summed E-state index contributed by atoms with van der Waals surface area (Å²) in [5.41, 5.74) is 1.27. The minimum absolute atomic E-state index is 0.0583. The number of hydrogen-bond acceptors (Lipinski definition) is 4. The minimum atomic E-state index is -0.190. The van der Waals surface area contributed by atoms with E-state index in [0.717, 1.165) is 23.9 Å². The summed E-state index contributed by atoms with van der Waals surface area (Å²) in [6, 6.07) is 10.4. The molecular formula is C20H28N4OS. The van der Waals surface area contributed by atoms with Crippen molar-refractivity contribution in [2.24, 2.45) is 0 Å². The molecule has 0 aliphatic heterocycles. The van der Waals surface area contributed by atoms with E-state index in [2.05, 4.69) is 46.1 Å². The van der Waals surface area contributed by atoms with Gasteiger partial charge in [0, 0.05) is 24.9 Å². The van der Waals surface area contributed by atoms with Crippen molar-refractivity contribution < 1.29 is 4.79 Å². The molecule has 1 aromatic carbocycles. The monoisotopic (exact) mass is 372 g/mol. The standard InChI is InChI=1S/C20H28N4OS/c1-4-15(16-9-7-6-8-10-16)13-21-19(25)14(3)26-20-23-22-18(17-11-12-17)24(20)5-2/h6-10,14-15,17H,4-5,11-13H2,1-3H3,(H,21,25)/t14-,15-/m0/s1. The maximum Gasteiger partial charge on any atom is 0.233 e. The van der Waals surface area contributed by atoms with Crippen molar-refractivity contribution in [3.63, 3.8) is 0 Å². The number of amides is 1. The van der Waals surface area contributed by atoms with Crippen LogP contribution in [0.15, 0.2) is 35.5 Å². The van der Waals surface area contributed by atoms with Crippen molar-refractivity contribution in [2.45, 2.75) is 68.8 Å². The van der Waals surface area contributed by atoms with Crippen molar-refractivity contribution in [3.05, 3.63) is 41.7 Å². The minimum Gasteiger partial charge on any atom is -0.355 e. The normalized spacial score (nSPS) is 16.3. The summed E-state index contributed by atoms with van der Waals surface area (Å²) in [6.45, 7) is 7.72. The molecule has 140 valence electrons. The van der Waals surface area contributed by atoms with Crippen molar-refractivity contribution >= 4 is 17.7 Å². The number of hydrogen-bond donors (Lipinski definition) is 1. The number of carbonyl (C=O) groups is 1. The zero-order chi connectivity index (χ0) is 18.5. The number of carbonyl (C=O) groups excluding carboxylic acids is 1. The highest BCUT2D eigenvalue weighted by molar-refractivity contribution is 8.00. The van der Waals surface area contributed by atoms with E-state index in [9.17, 15) is 4.79 Å². The van der Waals surface area contributed by atoms with E-state index < -0.39 is 0 Å². The Bertz CT molecular complexity index is 727. The average Bonchev–Trinajstić information content (AvgIpc) is 3.43. The van der Waals surface area contributed by atoms with Gasteiger partial charge in [-0.1, -0.05) is 49.0 Å². The highest BCUT2D eigenvalue weighted by Crippen LogP contribution is 2.40. The van der Waals surface area contributed by atoms with Gasteiger partial charge in [-0.15, -0.1) is 10.2 Å². The summed E-state index contributed by atoms with van der Waals surface area (Å²) in [6.07, 6.45) is 3.41. The molecule has 1 N–H and O–H groups in total. The molecule has 0 bridgehead atoms. The molecule has 2 aromatic rings. The van der Waals surface area contributed by atoms with Gasteiger partial charge in [0.25, 0.3) is 0 Å². The average molecular weight is 373 g/mol. The Morgan fingerprint density at radius 1 is 1.27 bits per heavy atom. The number of nitrogens with zero attached hydrogens (tertiary/aromatic N) is 3. The first-order valence-corrected chi connectivity index (χ1v) is 10.4. The topological polar surface area (TPSA) is 59.8 Å². The Hall–Kier alpha value is -1.82. The van der Waals surface area contributed by atoms with Gasteiger partial charge in [0.15, 0.2) is 5.16 Å². The molecule has 0 spiro atoms. The molecule has 0 unspecified atom stereocenters. The molecular weight excluding hydrogens is 344 g/mol. The lowest BCUT2D eigenvalue weighted by Crippen LogP contribution is -2.34. The summed E-state index contributed by atoms with van der Waals surface area (Å²) in [4.78, 5) is 12.6. The van der Waals surface area contributed by atoms with Crippen LogP contribution in [0.1, 0.15) is 63.3 Å². The van der Waals surface area contributed by atoms with Crippen LogP contribution in [0, 0.1) is 0 Å². The summed E-state index contributed by atoms with van der Waals surface area (Å²) < 4.78 is 2.16. The predicted molar refractivity (Wildman–Crippen MR) is 105 cm³/mol. The summed E-state index contributed by atoms with van der Waals surface area (Å²) >= 11 is 1.50. The summed E-state index contributed by atoms with van der Waals surface area (Å²) in [5.74, 6) is 2.05. The van der Waals surface area contributed by atoms with Crippen molar-refractivity contribution in [2.75, 3.05) is 6.54 Å². The van der Waals surface area contributed by atoms with Crippen LogP contribution in [0.5, 0.6) is 0 Å². The van der Waals surface area contributed by atoms with Gasteiger partial charge >= 0.3 is 0 Å². The van der Waals surface area contributed by atoms with E-state index >= 15 is 0 Å². The van der Waals surface area contributed by atoms with Crippen LogP contribution >= 0.6 is 11.8 Å². The quantitative estimate of drug-likeness (QED) is 0.677. The Morgan fingerprint density at radius 2 is 2.00 bits per heavy atom. The van der Waals surface area contributed by atoms with Crippen molar-refractivity contribution in [1.82, 2.24) is 20.1 Å². The molecule has 2 atom stereocenters. The van der Waals surface area contributed by atoms with Gasteiger partial charge in [0.05, 0.1) is 5.25 Å². The van der Waals surface area contributed by atoms with Gasteiger partial charge in [-0.25, -0.2) is 0 Å². The van der Waals surface area contributed by atoms with Crippen molar-refractivity contribution in [3.8, 4) is 0 Å². The van der Waals surface area contributed by atoms with E-state index in [-0.39, 0.29) is 11.2 Å². The van der Waals surface area contributed by atoms with Gasteiger partial charge in [-0.2, -0.15) is 0 Å². The third kappa shape index (κ3) is 4.47. The van der Waals surface area contributed by atoms with E-state index in [4.69, 9.17) is 0 Å². The predicted octanol–water partition coefficient (Wildman–Crippen LogP) is 3.97. The van der Waals surface area contributed by atoms with Crippen LogP contribution in [0.4, 0.5) is 0 Å². The first-order chi connectivity index (χ1) is 12.6. The molecule has 3 rings (SSSR count). The fourth-order valence-corrected chi connectivity index (χ4v) is 4.07. The number of benzene rings is 1. The number of aromatic nitrogens is 3. The highest BCUT2D eigenvalue weighted by Gasteiger charge is 2.30. The Balaban J connectivity index is 1.56. The van der Waals surface area contributed by atoms with E-state index in [0.29, 0.717) is 18.4 Å². The second kappa shape index (κ2) is 8.71. The van der Waals surface area contributed by atoms with Crippen LogP contribution in [-0.4, -0.2) is 32.5 Å². The first kappa shape index (κ1) is 19.0. The molecule has 1 heterocycles. The van der Waals surface area contributed by atoms with Gasteiger partial charge in [0.2, 0.25) is 5.91 Å². The summed E-state index contributed by atoms with van der Waals surface area (Å²) in [7, 11) is 0. The zero-order valence-corrected chi connectivity index (χ0v) is 16.6. The van der Waals surface area contributed by atoms with Crippen LogP contribution in [0.2, 0.25) is 0 Å². The second-order valence-electron chi connectivity index (χ2n) is 6.88. The largest absolute Gasteiger partial charge is 0.355 e. The van der Waals surface area contributed by atoms with Gasteiger partial charge in [-0.3, -0.25) is 4.79 Å². The van der Waals surface area contributed by atoms with Crippen LogP contribution < -0.4 is 5.32 Å². The number of nitrogens with one attached hydrogen (secondary N) is 1. The molecule has 0 saturated heterocycles. The Kier molecular flexibility index (Phi) is 6.35. The van der Waals surface area contributed by atoms with Crippen LogP contribution in [0.3, 0.4) is 0 Å². The molecule has 26 heavy (non-hydrogen) atoms. The fraction of sp³-hybridized carbons (Fsp3) is 0.550. The molecule has 1 amide bonds. The van der Waals surface area contributed by atoms with E-state index in [1.54, 1.807) is 0 Å². The molecule has 1 fully saturated rings. The lowest BCUT2D eigenvalue weighted by atomic mass is 9.96. The Labute approximate surface area is 160 Å². The third-order valence-corrected chi connectivity index (χ3v) is 6.02. The van der Waals surface area contributed by atoms with E-state index in [1.807, 2.05) is 25.1 Å². The van der Waals surface area contributed by atoms with Crippen LogP contribution in [0.25, 0.3) is 0 Å². The maximum absolute atomic E-state index is 12.6. The Morgan fingerprint density at radius 3 is 2.62 bits per heavy atom. The fourth-order valence-electron chi connectivity index (χ4n) is 3.13. The van der Waals surface area contributed by atoms with Crippen LogP contribution in [-0.2, 0) is 11.3 Å². The maximum atomic E-state index is 12.6.